The van der Waals surface area contributed by atoms with Crippen LogP contribution < -0.4 is 5.32 Å². The van der Waals surface area contributed by atoms with E-state index in [2.05, 4.69) is 5.32 Å². The molecule has 1 unspecified atom stereocenters. The van der Waals surface area contributed by atoms with Crippen LogP contribution in [0.5, 0.6) is 11.5 Å². The second kappa shape index (κ2) is 9.09. The number of carbonyl (C=O) groups is 3. The van der Waals surface area contributed by atoms with E-state index < -0.39 is 23.7 Å². The number of benzene rings is 1. The van der Waals surface area contributed by atoms with Crippen LogP contribution >= 0.6 is 11.6 Å². The summed E-state index contributed by atoms with van der Waals surface area (Å²) in [6, 6.07) is 2.46. The molecule has 1 aromatic rings. The number of carboxylic acid groups (broad SMARTS) is 1. The lowest BCUT2D eigenvalue weighted by Gasteiger charge is -2.46. The molecular formula is C23H28ClN3O7. The maximum atomic E-state index is 12.7. The van der Waals surface area contributed by atoms with Crippen molar-refractivity contribution >= 4 is 29.4 Å². The number of nitrogens with one attached hydrogen (secondary N) is 1. The van der Waals surface area contributed by atoms with Gasteiger partial charge in [0.05, 0.1) is 29.0 Å². The Morgan fingerprint density at radius 1 is 1.29 bits per heavy atom. The number of nitrogens with zero attached hydrogens (tertiary/aromatic N) is 2. The number of likely N-dealkylation sites (tertiary alicyclic amines) is 1. The quantitative estimate of drug-likeness (QED) is 0.277. The number of phenolic OH excluding ortho intramolecular Hbond substituents is 2. The molecule has 5 N–H and O–H groups in total. The van der Waals surface area contributed by atoms with Gasteiger partial charge in [-0.2, -0.15) is 0 Å². The van der Waals surface area contributed by atoms with Crippen molar-refractivity contribution in [2.45, 2.75) is 39.0 Å². The molecule has 2 amide bonds. The maximum Gasteiger partial charge on any atom is 0.352 e. The van der Waals surface area contributed by atoms with E-state index in [4.69, 9.17) is 11.6 Å². The van der Waals surface area contributed by atoms with Gasteiger partial charge in [-0.25, -0.2) is 4.79 Å². The van der Waals surface area contributed by atoms with Crippen LogP contribution in [0.1, 0.15) is 25.8 Å². The standard InChI is InChI=1S/C23H28ClN3O7/c1-10-14(19(23(33)34)27-18(10)16(11(2)28)22(27)32)9-26-6-5-13(8-26)21(31)25-7-12-3-4-15(29)20(30)17(12)24/h3-4,10-11,13,16,18,28-30H,5-9H2,1-2H3,(H,25,31)(H,33,34)/t10-,11+,13?,16+,18+/m0/s1. The number of carboxylic acids is 1. The van der Waals surface area contributed by atoms with E-state index in [0.717, 1.165) is 0 Å². The number of aliphatic carboxylic acids is 1. The molecule has 2 fully saturated rings. The molecule has 11 heteroatoms. The van der Waals surface area contributed by atoms with Crippen LogP contribution in [0.25, 0.3) is 0 Å². The van der Waals surface area contributed by atoms with Crippen LogP contribution in [0, 0.1) is 17.8 Å². The van der Waals surface area contributed by atoms with Crippen LogP contribution in [0.3, 0.4) is 0 Å². The van der Waals surface area contributed by atoms with Gasteiger partial charge < -0.3 is 30.6 Å². The van der Waals surface area contributed by atoms with Gasteiger partial charge in [-0.3, -0.25) is 14.5 Å². The third kappa shape index (κ3) is 3.99. The minimum atomic E-state index is -1.16. The summed E-state index contributed by atoms with van der Waals surface area (Å²) in [5.41, 5.74) is 1.11. The van der Waals surface area contributed by atoms with Gasteiger partial charge in [0.25, 0.3) is 0 Å². The highest BCUT2D eigenvalue weighted by Crippen LogP contribution is 2.47. The molecule has 34 heavy (non-hydrogen) atoms. The van der Waals surface area contributed by atoms with Gasteiger partial charge >= 0.3 is 5.97 Å². The normalized spacial score (nSPS) is 27.5. The lowest BCUT2D eigenvalue weighted by atomic mass is 9.77. The fraction of sp³-hybridized carbons (Fsp3) is 0.522. The summed E-state index contributed by atoms with van der Waals surface area (Å²) in [5.74, 6) is -3.61. The molecule has 0 saturated carbocycles. The highest BCUT2D eigenvalue weighted by atomic mass is 35.5. The van der Waals surface area contributed by atoms with Gasteiger partial charge in [0.2, 0.25) is 11.8 Å². The molecule has 3 aliphatic rings. The third-order valence-electron chi connectivity index (χ3n) is 7.18. The zero-order valence-corrected chi connectivity index (χ0v) is 19.6. The molecule has 10 nitrogen and oxygen atoms in total. The Balaban J connectivity index is 1.39. The zero-order valence-electron chi connectivity index (χ0n) is 18.9. The summed E-state index contributed by atoms with van der Waals surface area (Å²) in [6.45, 7) is 4.87. The average Bonchev–Trinajstić information content (AvgIpc) is 3.33. The van der Waals surface area contributed by atoms with Crippen LogP contribution in [0.4, 0.5) is 0 Å². The predicted molar refractivity (Wildman–Crippen MR) is 121 cm³/mol. The number of aromatic hydroxyl groups is 2. The van der Waals surface area contributed by atoms with Gasteiger partial charge in [-0.05, 0) is 37.1 Å². The van der Waals surface area contributed by atoms with Crippen molar-refractivity contribution in [3.63, 3.8) is 0 Å². The molecule has 3 heterocycles. The first-order valence-corrected chi connectivity index (χ1v) is 11.6. The summed E-state index contributed by atoms with van der Waals surface area (Å²) in [5, 5.41) is 41.7. The first kappa shape index (κ1) is 24.3. The Morgan fingerprint density at radius 3 is 2.65 bits per heavy atom. The lowest BCUT2D eigenvalue weighted by molar-refractivity contribution is -0.163. The molecule has 0 aromatic heterocycles. The number of aliphatic hydroxyl groups is 1. The largest absolute Gasteiger partial charge is 0.504 e. The molecule has 0 radical (unpaired) electrons. The number of amides is 2. The summed E-state index contributed by atoms with van der Waals surface area (Å²) in [7, 11) is 0. The molecular weight excluding hydrogens is 466 g/mol. The number of halogens is 1. The monoisotopic (exact) mass is 493 g/mol. The van der Waals surface area contributed by atoms with Crippen LogP contribution in [0.2, 0.25) is 5.02 Å². The van der Waals surface area contributed by atoms with Crippen molar-refractivity contribution < 1.29 is 34.8 Å². The molecule has 0 spiro atoms. The molecule has 0 aliphatic carbocycles. The molecule has 3 aliphatic heterocycles. The Morgan fingerprint density at radius 2 is 2.00 bits per heavy atom. The van der Waals surface area contributed by atoms with Crippen molar-refractivity contribution in [1.82, 2.24) is 15.1 Å². The van der Waals surface area contributed by atoms with Crippen molar-refractivity contribution in [2.24, 2.45) is 17.8 Å². The van der Waals surface area contributed by atoms with E-state index in [1.54, 1.807) is 6.92 Å². The number of hydrogen-bond donors (Lipinski definition) is 5. The number of β-lactam (4-membered cyclic amide) rings is 1. The fourth-order valence-electron chi connectivity index (χ4n) is 5.34. The number of phenols is 2. The van der Waals surface area contributed by atoms with Gasteiger partial charge in [-0.1, -0.05) is 24.6 Å². The van der Waals surface area contributed by atoms with Crippen LogP contribution in [-0.2, 0) is 20.9 Å². The minimum Gasteiger partial charge on any atom is -0.504 e. The van der Waals surface area contributed by atoms with E-state index in [1.807, 2.05) is 11.8 Å². The fourth-order valence-corrected chi connectivity index (χ4v) is 5.57. The first-order chi connectivity index (χ1) is 16.0. The van der Waals surface area contributed by atoms with E-state index in [1.165, 1.54) is 17.0 Å². The first-order valence-electron chi connectivity index (χ1n) is 11.2. The highest BCUT2D eigenvalue weighted by Gasteiger charge is 2.59. The number of fused-ring (bicyclic) bond motifs is 1. The number of hydrogen-bond acceptors (Lipinski definition) is 7. The van der Waals surface area contributed by atoms with Crippen molar-refractivity contribution in [1.29, 1.82) is 0 Å². The predicted octanol–water partition coefficient (Wildman–Crippen LogP) is 0.886. The number of aliphatic hydroxyl groups excluding tert-OH is 1. The van der Waals surface area contributed by atoms with Gasteiger partial charge in [0, 0.05) is 25.6 Å². The topological polar surface area (TPSA) is 151 Å². The van der Waals surface area contributed by atoms with Gasteiger partial charge in [-0.15, -0.1) is 0 Å². The zero-order chi connectivity index (χ0) is 24.9. The second-order valence-corrected chi connectivity index (χ2v) is 9.66. The average molecular weight is 494 g/mol. The molecule has 1 aromatic carbocycles. The molecule has 2 saturated heterocycles. The number of carbonyl (C=O) groups excluding carboxylic acids is 2. The minimum absolute atomic E-state index is 0.00548. The van der Waals surface area contributed by atoms with E-state index >= 15 is 0 Å². The Bertz CT molecular complexity index is 1070. The Hall–Kier alpha value is -2.82. The SMILES string of the molecule is C[C@@H](O)[C@H]1C(=O)N2C(C(=O)O)=C(CN3CCC(C(=O)NCc4ccc(O)c(O)c4Cl)C3)[C@H](C)[C@H]12. The van der Waals surface area contributed by atoms with Crippen molar-refractivity contribution in [3.8, 4) is 11.5 Å². The molecule has 184 valence electrons. The summed E-state index contributed by atoms with van der Waals surface area (Å²) in [4.78, 5) is 40.5. The summed E-state index contributed by atoms with van der Waals surface area (Å²) >= 11 is 6.02. The van der Waals surface area contributed by atoms with Gasteiger partial charge in [0.1, 0.15) is 5.70 Å². The number of rotatable bonds is 7. The van der Waals surface area contributed by atoms with Crippen LogP contribution in [-0.4, -0.2) is 79.8 Å². The molecule has 0 bridgehead atoms. The maximum absolute atomic E-state index is 12.7. The lowest BCUT2D eigenvalue weighted by Crippen LogP contribution is -2.63. The highest BCUT2D eigenvalue weighted by molar-refractivity contribution is 6.33. The molecule has 5 atom stereocenters. The summed E-state index contributed by atoms with van der Waals surface area (Å²) in [6.07, 6.45) is -0.262. The smallest absolute Gasteiger partial charge is 0.352 e. The van der Waals surface area contributed by atoms with Gasteiger partial charge in [0.15, 0.2) is 11.5 Å². The second-order valence-electron chi connectivity index (χ2n) is 9.28. The summed E-state index contributed by atoms with van der Waals surface area (Å²) < 4.78 is 0. The molecule has 4 rings (SSSR count). The van der Waals surface area contributed by atoms with E-state index in [-0.39, 0.29) is 52.7 Å². The van der Waals surface area contributed by atoms with Crippen LogP contribution in [0.15, 0.2) is 23.4 Å². The van der Waals surface area contributed by atoms with E-state index in [9.17, 15) is 34.8 Å². The third-order valence-corrected chi connectivity index (χ3v) is 7.60. The van der Waals surface area contributed by atoms with E-state index in [0.29, 0.717) is 37.2 Å². The Labute approximate surface area is 201 Å². The van der Waals surface area contributed by atoms with Crippen molar-refractivity contribution in [3.05, 3.63) is 34.0 Å². The Kier molecular flexibility index (Phi) is 6.50. The van der Waals surface area contributed by atoms with Crippen molar-refractivity contribution in [2.75, 3.05) is 19.6 Å².